The summed E-state index contributed by atoms with van der Waals surface area (Å²) in [5.74, 6) is 1.21. The van der Waals surface area contributed by atoms with Crippen molar-refractivity contribution >= 4 is 12.5 Å². The second-order valence-corrected chi connectivity index (χ2v) is 6.33. The highest BCUT2D eigenvalue weighted by Gasteiger charge is 2.55. The Bertz CT molecular complexity index is 342. The maximum Gasteiger partial charge on any atom is 0.407 e. The average molecular weight is 269 g/mol. The lowest BCUT2D eigenvalue weighted by molar-refractivity contribution is -0.109. The van der Waals surface area contributed by atoms with Crippen molar-refractivity contribution in [2.75, 3.05) is 26.2 Å². The van der Waals surface area contributed by atoms with Gasteiger partial charge in [-0.25, -0.2) is 4.79 Å². The Morgan fingerprint density at radius 3 is 2.53 bits per heavy atom. The molecule has 0 aromatic rings. The van der Waals surface area contributed by atoms with Crippen molar-refractivity contribution in [2.45, 2.75) is 32.4 Å². The van der Waals surface area contributed by atoms with Gasteiger partial charge in [0.05, 0.1) is 0 Å². The zero-order valence-electron chi connectivity index (χ0n) is 11.8. The third-order valence-electron chi connectivity index (χ3n) is 3.63. The minimum Gasteiger partial charge on any atom is -0.444 e. The normalized spacial score (nSPS) is 29.5. The van der Waals surface area contributed by atoms with Crippen molar-refractivity contribution in [2.24, 2.45) is 11.8 Å². The van der Waals surface area contributed by atoms with Crippen LogP contribution in [-0.4, -0.2) is 55.2 Å². The summed E-state index contributed by atoms with van der Waals surface area (Å²) in [5.41, 5.74) is -0.451. The van der Waals surface area contributed by atoms with Gasteiger partial charge in [-0.3, -0.25) is 4.79 Å². The number of hydrogen-bond acceptors (Lipinski definition) is 4. The molecule has 2 rings (SSSR count). The SMILES string of the molecule is CC(C)(C)OC(=O)NCCN1CC2C(C1)C2NC=O. The molecule has 1 aliphatic heterocycles. The zero-order chi connectivity index (χ0) is 14.0. The number of likely N-dealkylation sites (tertiary alicyclic amines) is 1. The van der Waals surface area contributed by atoms with Crippen LogP contribution in [0.1, 0.15) is 20.8 Å². The molecule has 2 aliphatic rings. The Kier molecular flexibility index (Phi) is 3.99. The monoisotopic (exact) mass is 269 g/mol. The number of amides is 2. The van der Waals surface area contributed by atoms with Crippen LogP contribution in [0.2, 0.25) is 0 Å². The Labute approximate surface area is 113 Å². The van der Waals surface area contributed by atoms with E-state index in [9.17, 15) is 9.59 Å². The summed E-state index contributed by atoms with van der Waals surface area (Å²) in [6, 6.07) is 0.382. The van der Waals surface area contributed by atoms with Gasteiger partial charge in [0.15, 0.2) is 0 Å². The van der Waals surface area contributed by atoms with Gasteiger partial charge in [-0.05, 0) is 32.6 Å². The second-order valence-electron chi connectivity index (χ2n) is 6.33. The Morgan fingerprint density at radius 1 is 1.37 bits per heavy atom. The van der Waals surface area contributed by atoms with Crippen LogP contribution in [0.3, 0.4) is 0 Å². The van der Waals surface area contributed by atoms with Gasteiger partial charge < -0.3 is 20.3 Å². The molecule has 0 bridgehead atoms. The van der Waals surface area contributed by atoms with Crippen LogP contribution in [0.25, 0.3) is 0 Å². The Morgan fingerprint density at radius 2 is 2.00 bits per heavy atom. The van der Waals surface area contributed by atoms with E-state index in [4.69, 9.17) is 4.74 Å². The van der Waals surface area contributed by atoms with Crippen molar-refractivity contribution in [3.63, 3.8) is 0 Å². The summed E-state index contributed by atoms with van der Waals surface area (Å²) in [5, 5.41) is 5.60. The number of ether oxygens (including phenoxy) is 1. The van der Waals surface area contributed by atoms with Gasteiger partial charge in [0.1, 0.15) is 5.60 Å². The minimum absolute atomic E-state index is 0.364. The van der Waals surface area contributed by atoms with Gasteiger partial charge in [-0.2, -0.15) is 0 Å². The minimum atomic E-state index is -0.451. The number of alkyl carbamates (subject to hydrolysis) is 1. The smallest absolute Gasteiger partial charge is 0.407 e. The lowest BCUT2D eigenvalue weighted by Crippen LogP contribution is -2.39. The lowest BCUT2D eigenvalue weighted by atomic mass is 10.2. The summed E-state index contributed by atoms with van der Waals surface area (Å²) >= 11 is 0. The number of fused-ring (bicyclic) bond motifs is 1. The Hall–Kier alpha value is -1.30. The molecule has 0 radical (unpaired) electrons. The molecule has 2 unspecified atom stereocenters. The van der Waals surface area contributed by atoms with Crippen LogP contribution in [0.5, 0.6) is 0 Å². The summed E-state index contributed by atoms with van der Waals surface area (Å²) in [6.45, 7) is 8.99. The largest absolute Gasteiger partial charge is 0.444 e. The number of hydrogen-bond donors (Lipinski definition) is 2. The fraction of sp³-hybridized carbons (Fsp3) is 0.846. The molecule has 2 amide bonds. The van der Waals surface area contributed by atoms with Crippen LogP contribution >= 0.6 is 0 Å². The number of carbonyl (C=O) groups is 2. The number of nitrogens with zero attached hydrogens (tertiary/aromatic N) is 1. The second kappa shape index (κ2) is 5.36. The lowest BCUT2D eigenvalue weighted by Gasteiger charge is -2.22. The molecule has 2 N–H and O–H groups in total. The van der Waals surface area contributed by atoms with Crippen LogP contribution in [0, 0.1) is 11.8 Å². The maximum atomic E-state index is 11.4. The first kappa shape index (κ1) is 14.1. The van der Waals surface area contributed by atoms with Gasteiger partial charge in [-0.15, -0.1) is 0 Å². The van der Waals surface area contributed by atoms with E-state index in [0.29, 0.717) is 24.4 Å². The first-order valence-electron chi connectivity index (χ1n) is 6.79. The molecule has 0 aromatic heterocycles. The number of nitrogens with one attached hydrogen (secondary N) is 2. The molecule has 1 heterocycles. The number of piperidine rings is 1. The van der Waals surface area contributed by atoms with Crippen molar-refractivity contribution < 1.29 is 14.3 Å². The van der Waals surface area contributed by atoms with Crippen LogP contribution < -0.4 is 10.6 Å². The van der Waals surface area contributed by atoms with Crippen LogP contribution in [0.4, 0.5) is 4.79 Å². The molecule has 2 atom stereocenters. The quantitative estimate of drug-likeness (QED) is 0.699. The first-order chi connectivity index (χ1) is 8.90. The molecule has 19 heavy (non-hydrogen) atoms. The predicted octanol–water partition coefficient (Wildman–Crippen LogP) is 0.187. The van der Waals surface area contributed by atoms with E-state index in [2.05, 4.69) is 15.5 Å². The molecular formula is C13H23N3O3. The third kappa shape index (κ3) is 3.83. The molecular weight excluding hydrogens is 246 g/mol. The maximum absolute atomic E-state index is 11.4. The molecule has 0 aromatic carbocycles. The molecule has 1 saturated heterocycles. The predicted molar refractivity (Wildman–Crippen MR) is 70.6 cm³/mol. The average Bonchev–Trinajstić information content (AvgIpc) is 2.73. The van der Waals surface area contributed by atoms with E-state index in [1.165, 1.54) is 0 Å². The molecule has 1 aliphatic carbocycles. The summed E-state index contributed by atoms with van der Waals surface area (Å²) < 4.78 is 5.16. The van der Waals surface area contributed by atoms with Gasteiger partial charge >= 0.3 is 6.09 Å². The van der Waals surface area contributed by atoms with E-state index >= 15 is 0 Å². The van der Waals surface area contributed by atoms with Crippen molar-refractivity contribution in [3.05, 3.63) is 0 Å². The summed E-state index contributed by atoms with van der Waals surface area (Å²) in [7, 11) is 0. The standard InChI is InChI=1S/C13H23N3O3/c1-13(2,3)19-12(18)14-4-5-16-6-9-10(7-16)11(9)15-8-17/h8-11H,4-7H2,1-3H3,(H,14,18)(H,15,17). The molecule has 6 heteroatoms. The Balaban J connectivity index is 1.57. The zero-order valence-corrected chi connectivity index (χ0v) is 11.8. The van der Waals surface area contributed by atoms with Crippen LogP contribution in [-0.2, 0) is 9.53 Å². The molecule has 6 nitrogen and oxygen atoms in total. The fourth-order valence-electron chi connectivity index (χ4n) is 2.75. The van der Waals surface area contributed by atoms with Crippen LogP contribution in [0.15, 0.2) is 0 Å². The molecule has 1 saturated carbocycles. The summed E-state index contributed by atoms with van der Waals surface area (Å²) in [4.78, 5) is 24.1. The molecule has 0 spiro atoms. The highest BCUT2D eigenvalue weighted by molar-refractivity contribution is 5.67. The van der Waals surface area contributed by atoms with E-state index in [1.807, 2.05) is 20.8 Å². The molecule has 2 fully saturated rings. The van der Waals surface area contributed by atoms with E-state index in [-0.39, 0.29) is 6.09 Å². The fourth-order valence-corrected chi connectivity index (χ4v) is 2.75. The summed E-state index contributed by atoms with van der Waals surface area (Å²) in [6.07, 6.45) is 0.426. The first-order valence-corrected chi connectivity index (χ1v) is 6.79. The third-order valence-corrected chi connectivity index (χ3v) is 3.63. The van der Waals surface area contributed by atoms with Gasteiger partial charge in [-0.1, -0.05) is 0 Å². The highest BCUT2D eigenvalue weighted by Crippen LogP contribution is 2.44. The van der Waals surface area contributed by atoms with Gasteiger partial charge in [0, 0.05) is 32.2 Å². The van der Waals surface area contributed by atoms with Crippen molar-refractivity contribution in [1.82, 2.24) is 15.5 Å². The van der Waals surface area contributed by atoms with E-state index in [1.54, 1.807) is 0 Å². The van der Waals surface area contributed by atoms with Crippen molar-refractivity contribution in [1.29, 1.82) is 0 Å². The van der Waals surface area contributed by atoms with Gasteiger partial charge in [0.2, 0.25) is 6.41 Å². The molecule has 108 valence electrons. The number of rotatable bonds is 5. The van der Waals surface area contributed by atoms with E-state index < -0.39 is 5.60 Å². The van der Waals surface area contributed by atoms with Crippen molar-refractivity contribution in [3.8, 4) is 0 Å². The highest BCUT2D eigenvalue weighted by atomic mass is 16.6. The van der Waals surface area contributed by atoms with Gasteiger partial charge in [0.25, 0.3) is 0 Å². The number of carbonyl (C=O) groups excluding carboxylic acids is 2. The van der Waals surface area contributed by atoms with E-state index in [0.717, 1.165) is 26.0 Å². The topological polar surface area (TPSA) is 70.7 Å².